The summed E-state index contributed by atoms with van der Waals surface area (Å²) in [5.41, 5.74) is 2.90. The Morgan fingerprint density at radius 3 is 2.82 bits per heavy atom. The summed E-state index contributed by atoms with van der Waals surface area (Å²) in [6.07, 6.45) is 2.77. The normalized spacial score (nSPS) is 12.6. The molecule has 1 aromatic heterocycles. The van der Waals surface area contributed by atoms with Crippen molar-refractivity contribution in [3.05, 3.63) is 50.4 Å². The van der Waals surface area contributed by atoms with E-state index in [-0.39, 0.29) is 6.04 Å². The molecule has 2 nitrogen and oxygen atoms in total. The van der Waals surface area contributed by atoms with Crippen LogP contribution in [0.2, 0.25) is 10.0 Å². The average molecular weight is 287 g/mol. The molecule has 90 valence electrons. The van der Waals surface area contributed by atoms with Gasteiger partial charge in [-0.05, 0) is 24.7 Å². The van der Waals surface area contributed by atoms with Crippen LogP contribution in [0, 0.1) is 0 Å². The van der Waals surface area contributed by atoms with E-state index < -0.39 is 0 Å². The number of halogens is 2. The van der Waals surface area contributed by atoms with Crippen LogP contribution in [0.4, 0.5) is 0 Å². The van der Waals surface area contributed by atoms with E-state index in [1.165, 1.54) is 4.88 Å². The largest absolute Gasteiger partial charge is 0.313 e. The summed E-state index contributed by atoms with van der Waals surface area (Å²) in [4.78, 5) is 5.31. The van der Waals surface area contributed by atoms with Crippen LogP contribution in [0.1, 0.15) is 16.5 Å². The second-order valence-corrected chi connectivity index (χ2v) is 5.49. The fraction of sp³-hybridized carbons (Fsp3) is 0.250. The Kier molecular flexibility index (Phi) is 4.40. The Balaban J connectivity index is 2.23. The highest BCUT2D eigenvalue weighted by atomic mass is 35.5. The summed E-state index contributed by atoms with van der Waals surface area (Å²) >= 11 is 13.8. The van der Waals surface area contributed by atoms with Gasteiger partial charge in [0, 0.05) is 33.6 Å². The Labute approximate surface area is 115 Å². The van der Waals surface area contributed by atoms with Gasteiger partial charge in [0.2, 0.25) is 0 Å². The molecule has 1 N–H and O–H groups in total. The van der Waals surface area contributed by atoms with E-state index in [1.807, 2.05) is 30.9 Å². The third kappa shape index (κ3) is 3.19. The first-order valence-electron chi connectivity index (χ1n) is 5.20. The van der Waals surface area contributed by atoms with Crippen LogP contribution in [0.3, 0.4) is 0 Å². The molecule has 1 aromatic carbocycles. The summed E-state index contributed by atoms with van der Waals surface area (Å²) in [7, 11) is 1.93. The molecule has 1 atom stereocenters. The van der Waals surface area contributed by atoms with Crippen LogP contribution >= 0.6 is 34.5 Å². The second-order valence-electron chi connectivity index (χ2n) is 3.68. The molecule has 0 spiro atoms. The summed E-state index contributed by atoms with van der Waals surface area (Å²) < 4.78 is 0. The molecular weight excluding hydrogens is 275 g/mol. The smallest absolute Gasteiger partial charge is 0.0794 e. The molecule has 0 saturated heterocycles. The number of hydrogen-bond acceptors (Lipinski definition) is 3. The van der Waals surface area contributed by atoms with Crippen molar-refractivity contribution in [2.45, 2.75) is 12.5 Å². The number of nitrogens with zero attached hydrogens (tertiary/aromatic N) is 1. The van der Waals surface area contributed by atoms with Gasteiger partial charge in [-0.1, -0.05) is 29.3 Å². The SMILES string of the molecule is CNC(Cc1cncs1)c1ccc(Cl)cc1Cl. The zero-order chi connectivity index (χ0) is 12.3. The molecule has 1 unspecified atom stereocenters. The first-order chi connectivity index (χ1) is 8.20. The number of rotatable bonds is 4. The summed E-state index contributed by atoms with van der Waals surface area (Å²) in [6.45, 7) is 0. The number of thiazole rings is 1. The molecule has 0 saturated carbocycles. The van der Waals surface area contributed by atoms with Gasteiger partial charge in [0.05, 0.1) is 5.51 Å². The third-order valence-corrected chi connectivity index (χ3v) is 3.94. The van der Waals surface area contributed by atoms with Gasteiger partial charge in [-0.25, -0.2) is 0 Å². The van der Waals surface area contributed by atoms with Gasteiger partial charge in [-0.15, -0.1) is 11.3 Å². The minimum atomic E-state index is 0.181. The molecule has 0 fully saturated rings. The van der Waals surface area contributed by atoms with Crippen LogP contribution in [0.25, 0.3) is 0 Å². The molecular formula is C12H12Cl2N2S. The van der Waals surface area contributed by atoms with Gasteiger partial charge in [0.1, 0.15) is 0 Å². The molecule has 2 rings (SSSR count). The van der Waals surface area contributed by atoms with Crippen LogP contribution in [0.15, 0.2) is 29.9 Å². The van der Waals surface area contributed by atoms with Crippen molar-refractivity contribution in [2.24, 2.45) is 0 Å². The summed E-state index contributed by atoms with van der Waals surface area (Å²) in [5, 5.41) is 4.62. The number of benzene rings is 1. The number of aromatic nitrogens is 1. The van der Waals surface area contributed by atoms with E-state index in [1.54, 1.807) is 17.4 Å². The molecule has 5 heteroatoms. The van der Waals surface area contributed by atoms with Crippen LogP contribution in [0.5, 0.6) is 0 Å². The van der Waals surface area contributed by atoms with Crippen molar-refractivity contribution in [2.75, 3.05) is 7.05 Å². The Bertz CT molecular complexity index is 485. The monoisotopic (exact) mass is 286 g/mol. The molecule has 0 radical (unpaired) electrons. The molecule has 2 aromatic rings. The maximum absolute atomic E-state index is 6.21. The lowest BCUT2D eigenvalue weighted by Crippen LogP contribution is -2.18. The minimum Gasteiger partial charge on any atom is -0.313 e. The highest BCUT2D eigenvalue weighted by molar-refractivity contribution is 7.09. The van der Waals surface area contributed by atoms with E-state index in [0.717, 1.165) is 12.0 Å². The summed E-state index contributed by atoms with van der Waals surface area (Å²) in [5.74, 6) is 0. The quantitative estimate of drug-likeness (QED) is 0.921. The van der Waals surface area contributed by atoms with E-state index in [0.29, 0.717) is 10.0 Å². The van der Waals surface area contributed by atoms with Crippen molar-refractivity contribution in [3.63, 3.8) is 0 Å². The number of hydrogen-bond donors (Lipinski definition) is 1. The molecule has 1 heterocycles. The molecule has 0 amide bonds. The van der Waals surface area contributed by atoms with Crippen LogP contribution in [-0.4, -0.2) is 12.0 Å². The molecule has 0 aliphatic carbocycles. The lowest BCUT2D eigenvalue weighted by Gasteiger charge is -2.17. The highest BCUT2D eigenvalue weighted by Crippen LogP contribution is 2.28. The van der Waals surface area contributed by atoms with Crippen molar-refractivity contribution in [3.8, 4) is 0 Å². The topological polar surface area (TPSA) is 24.9 Å². The van der Waals surface area contributed by atoms with E-state index in [2.05, 4.69) is 10.3 Å². The van der Waals surface area contributed by atoms with Gasteiger partial charge in [0.15, 0.2) is 0 Å². The van der Waals surface area contributed by atoms with Crippen molar-refractivity contribution >= 4 is 34.5 Å². The molecule has 0 aliphatic heterocycles. The maximum atomic E-state index is 6.21. The first kappa shape index (κ1) is 12.8. The fourth-order valence-corrected chi connectivity index (χ4v) is 2.88. The zero-order valence-corrected chi connectivity index (χ0v) is 11.6. The minimum absolute atomic E-state index is 0.181. The van der Waals surface area contributed by atoms with Crippen LogP contribution in [-0.2, 0) is 6.42 Å². The van der Waals surface area contributed by atoms with E-state index in [4.69, 9.17) is 23.2 Å². The fourth-order valence-electron chi connectivity index (χ4n) is 1.70. The first-order valence-corrected chi connectivity index (χ1v) is 6.84. The van der Waals surface area contributed by atoms with Crippen molar-refractivity contribution in [1.82, 2.24) is 10.3 Å². The third-order valence-electron chi connectivity index (χ3n) is 2.58. The lowest BCUT2D eigenvalue weighted by atomic mass is 10.0. The van der Waals surface area contributed by atoms with Crippen molar-refractivity contribution in [1.29, 1.82) is 0 Å². The Morgan fingerprint density at radius 1 is 1.41 bits per heavy atom. The molecule has 0 aliphatic rings. The highest BCUT2D eigenvalue weighted by Gasteiger charge is 2.14. The Hall–Kier alpha value is -0.610. The zero-order valence-electron chi connectivity index (χ0n) is 9.28. The van der Waals surface area contributed by atoms with E-state index in [9.17, 15) is 0 Å². The Morgan fingerprint density at radius 2 is 2.24 bits per heavy atom. The van der Waals surface area contributed by atoms with Gasteiger partial charge in [-0.2, -0.15) is 0 Å². The summed E-state index contributed by atoms with van der Waals surface area (Å²) in [6, 6.07) is 5.78. The molecule has 0 bridgehead atoms. The van der Waals surface area contributed by atoms with Gasteiger partial charge < -0.3 is 5.32 Å². The number of nitrogens with one attached hydrogen (secondary N) is 1. The van der Waals surface area contributed by atoms with Crippen molar-refractivity contribution < 1.29 is 0 Å². The van der Waals surface area contributed by atoms with E-state index >= 15 is 0 Å². The van der Waals surface area contributed by atoms with Gasteiger partial charge >= 0.3 is 0 Å². The van der Waals surface area contributed by atoms with Crippen LogP contribution < -0.4 is 5.32 Å². The standard InChI is InChI=1S/C12H12Cl2N2S/c1-15-12(5-9-6-16-7-17-9)10-3-2-8(13)4-11(10)14/h2-4,6-7,12,15H,5H2,1H3. The van der Waals surface area contributed by atoms with Gasteiger partial charge in [0.25, 0.3) is 0 Å². The second kappa shape index (κ2) is 5.83. The maximum Gasteiger partial charge on any atom is 0.0794 e. The van der Waals surface area contributed by atoms with Gasteiger partial charge in [-0.3, -0.25) is 4.98 Å². The lowest BCUT2D eigenvalue weighted by molar-refractivity contribution is 0.596. The predicted molar refractivity (Wildman–Crippen MR) is 74.1 cm³/mol. The average Bonchev–Trinajstić information content (AvgIpc) is 2.79. The number of likely N-dealkylation sites (N-methyl/N-ethyl adjacent to an activating group) is 1. The molecule has 17 heavy (non-hydrogen) atoms. The predicted octanol–water partition coefficient (Wildman–Crippen LogP) is 3.95.